The van der Waals surface area contributed by atoms with Gasteiger partial charge in [-0.05, 0) is 122 Å². The van der Waals surface area contributed by atoms with Crippen LogP contribution in [-0.4, -0.2) is 12.8 Å². The molecular formula is C43H41NO9. The van der Waals surface area contributed by atoms with Crippen molar-refractivity contribution in [2.75, 3.05) is 0 Å². The molecule has 53 heavy (non-hydrogen) atoms. The first-order valence-electron chi connectivity index (χ1n) is 18.8. The number of benzene rings is 3. The van der Waals surface area contributed by atoms with Crippen molar-refractivity contribution >= 4 is 61.6 Å². The van der Waals surface area contributed by atoms with Gasteiger partial charge in [0.05, 0.1) is 0 Å². The molecule has 5 aromatic heterocycles. The summed E-state index contributed by atoms with van der Waals surface area (Å²) >= 11 is 0. The van der Waals surface area contributed by atoms with E-state index in [1.54, 1.807) is 0 Å². The Morgan fingerprint density at radius 3 is 1.40 bits per heavy atom. The molecule has 0 spiro atoms. The van der Waals surface area contributed by atoms with E-state index >= 15 is 0 Å². The molecule has 0 bridgehead atoms. The Morgan fingerprint density at radius 2 is 0.981 bits per heavy atom. The van der Waals surface area contributed by atoms with E-state index in [0.717, 1.165) is 78.0 Å². The van der Waals surface area contributed by atoms with Crippen LogP contribution < -0.4 is 21.6 Å². The van der Waals surface area contributed by atoms with E-state index in [1.165, 1.54) is 18.2 Å². The summed E-state index contributed by atoms with van der Waals surface area (Å²) in [6.07, 6.45) is 0.677. The average molecular weight is 722 g/mol. The molecule has 8 aromatic rings. The van der Waals surface area contributed by atoms with Gasteiger partial charge < -0.3 is 32.2 Å². The summed E-state index contributed by atoms with van der Waals surface area (Å²) in [5.41, 5.74) is 8.36. The van der Waals surface area contributed by atoms with Gasteiger partial charge >= 0.3 is 16.9 Å². The van der Waals surface area contributed by atoms with Crippen molar-refractivity contribution in [2.45, 2.75) is 74.8 Å². The zero-order chi connectivity index (χ0) is 40.6. The molecule has 0 fully saturated rings. The van der Waals surface area contributed by atoms with Crippen molar-refractivity contribution in [1.82, 2.24) is 0 Å². The second-order valence-corrected chi connectivity index (χ2v) is 13.1. The number of aryl methyl sites for hydroxylation is 8. The van der Waals surface area contributed by atoms with Gasteiger partial charge in [-0.15, -0.1) is 0 Å². The topological polar surface area (TPSA) is 150 Å². The summed E-state index contributed by atoms with van der Waals surface area (Å²) in [7, 11) is 0. The number of ether oxygens (including phenoxy) is 1. The van der Waals surface area contributed by atoms with E-state index < -0.39 is 0 Å². The maximum absolute atomic E-state index is 11.4. The fourth-order valence-electron chi connectivity index (χ4n) is 6.82. The number of furan rings is 2. The molecule has 10 heteroatoms. The van der Waals surface area contributed by atoms with Gasteiger partial charge in [0.1, 0.15) is 51.3 Å². The molecule has 0 saturated heterocycles. The average Bonchev–Trinajstić information content (AvgIpc) is 3.92. The van der Waals surface area contributed by atoms with Crippen LogP contribution >= 0.6 is 0 Å². The zero-order valence-electron chi connectivity index (χ0n) is 33.4. The minimum absolute atomic E-state index is 0.0810. The van der Waals surface area contributed by atoms with Crippen molar-refractivity contribution < 1.29 is 30.9 Å². The summed E-state index contributed by atoms with van der Waals surface area (Å²) in [5.74, 6) is 2.01. The summed E-state index contributed by atoms with van der Waals surface area (Å²) in [5, 5.41) is 10.2. The minimum Gasteiger partial charge on any atom is -0.490 e. The van der Waals surface area contributed by atoms with Crippen LogP contribution in [0.2, 0.25) is 0 Å². The van der Waals surface area contributed by atoms with Gasteiger partial charge in [0, 0.05) is 72.4 Å². The molecule has 3 aromatic carbocycles. The summed E-state index contributed by atoms with van der Waals surface area (Å²) < 4.78 is 54.8. The molecule has 10 nitrogen and oxygen atoms in total. The quantitative estimate of drug-likeness (QED) is 0.119. The van der Waals surface area contributed by atoms with Gasteiger partial charge in [-0.2, -0.15) is 0 Å². The molecule has 0 aliphatic carbocycles. The normalized spacial score (nSPS) is 14.0. The first kappa shape index (κ1) is 32.7. The Hall–Kier alpha value is -6.16. The molecule has 0 amide bonds. The lowest BCUT2D eigenvalue weighted by Crippen LogP contribution is -2.05. The molecule has 9 rings (SSSR count). The van der Waals surface area contributed by atoms with Gasteiger partial charge in [0.25, 0.3) is 0 Å². The lowest BCUT2D eigenvalue weighted by atomic mass is 10.0. The Morgan fingerprint density at radius 1 is 0.566 bits per heavy atom. The second-order valence-electron chi connectivity index (χ2n) is 13.1. The first-order chi connectivity index (χ1) is 26.8. The Balaban J connectivity index is 0.000000139. The monoisotopic (exact) mass is 721 g/mol. The van der Waals surface area contributed by atoms with Gasteiger partial charge in [0.2, 0.25) is 0 Å². The van der Waals surface area contributed by atoms with Gasteiger partial charge in [-0.25, -0.2) is 14.4 Å². The van der Waals surface area contributed by atoms with Crippen LogP contribution in [0.3, 0.4) is 0 Å². The van der Waals surface area contributed by atoms with E-state index in [4.69, 9.17) is 36.3 Å². The smallest absolute Gasteiger partial charge is 0.336 e. The van der Waals surface area contributed by atoms with Crippen LogP contribution in [0.5, 0.6) is 5.75 Å². The van der Waals surface area contributed by atoms with Crippen LogP contribution in [0.15, 0.2) is 85.0 Å². The van der Waals surface area contributed by atoms with E-state index in [0.29, 0.717) is 39.4 Å². The van der Waals surface area contributed by atoms with Crippen LogP contribution in [0.1, 0.15) is 61.5 Å². The highest BCUT2D eigenvalue weighted by Gasteiger charge is 2.24. The molecule has 6 heterocycles. The molecule has 1 aliphatic rings. The van der Waals surface area contributed by atoms with E-state index in [1.807, 2.05) is 71.9 Å². The van der Waals surface area contributed by atoms with Gasteiger partial charge in [0.15, 0.2) is 0 Å². The Kier molecular flexibility index (Phi) is 8.71. The van der Waals surface area contributed by atoms with Crippen LogP contribution in [0, 0.1) is 60.8 Å². The second kappa shape index (κ2) is 14.1. The molecule has 1 unspecified atom stereocenters. The molecule has 272 valence electrons. The van der Waals surface area contributed by atoms with E-state index in [-0.39, 0.29) is 43.7 Å². The lowest BCUT2D eigenvalue weighted by molar-refractivity contribution is 0.253. The summed E-state index contributed by atoms with van der Waals surface area (Å²) in [6.45, 7) is 14.3. The van der Waals surface area contributed by atoms with Crippen LogP contribution in [-0.2, 0) is 6.42 Å². The number of hydrogen-bond acceptors (Lipinski definition) is 10. The standard InChI is InChI=1S/C14H14O3.2C14H12O3.CH3N/c3*1-7-4-12(15)17-14-9(3)13-10(6-11(7)14)5-8(2)16-13;1-2/h4,6,8H,5H2,1-3H3;2*4-6H,1-3H3;2H,1H2/i3*2T;. The third-order valence-electron chi connectivity index (χ3n) is 9.23. The minimum atomic E-state index is -0.352. The summed E-state index contributed by atoms with van der Waals surface area (Å²) in [4.78, 5) is 34.3. The third kappa shape index (κ3) is 6.80. The predicted molar refractivity (Wildman–Crippen MR) is 209 cm³/mol. The summed E-state index contributed by atoms with van der Waals surface area (Å²) in [6, 6.07) is 14.1. The van der Waals surface area contributed by atoms with Gasteiger partial charge in [-0.1, -0.05) is 0 Å². The Labute approximate surface area is 308 Å². The number of rotatable bonds is 0. The highest BCUT2D eigenvalue weighted by Crippen LogP contribution is 2.38. The fraction of sp³-hybridized carbons (Fsp3) is 0.256. The number of fused-ring (bicyclic) bond motifs is 6. The number of hydrogen-bond donors (Lipinski definition) is 1. The maximum atomic E-state index is 11.4. The van der Waals surface area contributed by atoms with Crippen molar-refractivity contribution in [1.29, 1.82) is 5.41 Å². The highest BCUT2D eigenvalue weighted by molar-refractivity contribution is 5.99. The third-order valence-corrected chi connectivity index (χ3v) is 9.23. The SMILES string of the molecule is C=N.[3H]CC1Cc2cc3c(C)cc(=O)oc3c(C)c2O1.[3H]Cc1cc2cc3c(C)cc(=O)oc3c(C)c2o1.[3H]Cc1cc2cc3c(C)cc(=O)oc3c(C)c2o1. The largest absolute Gasteiger partial charge is 0.490 e. The Bertz CT molecular complexity index is 2830. The molecule has 1 atom stereocenters. The van der Waals surface area contributed by atoms with E-state index in [2.05, 4.69) is 6.72 Å². The molecule has 1 aliphatic heterocycles. The predicted octanol–water partition coefficient (Wildman–Crippen LogP) is 9.93. The van der Waals surface area contributed by atoms with Crippen LogP contribution in [0.4, 0.5) is 0 Å². The number of nitrogens with one attached hydrogen (secondary N) is 1. The lowest BCUT2D eigenvalue weighted by Gasteiger charge is -2.09. The van der Waals surface area contributed by atoms with E-state index in [9.17, 15) is 14.4 Å². The molecule has 1 N–H and O–H groups in total. The molecular weight excluding hydrogens is 674 g/mol. The zero-order valence-corrected chi connectivity index (χ0v) is 30.4. The molecule has 0 radical (unpaired) electrons. The van der Waals surface area contributed by atoms with Crippen molar-refractivity contribution in [3.05, 3.63) is 130 Å². The van der Waals surface area contributed by atoms with Crippen molar-refractivity contribution in [3.63, 3.8) is 0 Å². The van der Waals surface area contributed by atoms with Crippen LogP contribution in [0.25, 0.3) is 54.8 Å². The first-order valence-corrected chi connectivity index (χ1v) is 16.7. The van der Waals surface area contributed by atoms with Gasteiger partial charge in [-0.3, -0.25) is 0 Å². The van der Waals surface area contributed by atoms with Crippen molar-refractivity contribution in [2.24, 2.45) is 0 Å². The maximum Gasteiger partial charge on any atom is 0.336 e. The molecule has 0 saturated carbocycles. The fourth-order valence-corrected chi connectivity index (χ4v) is 6.82. The highest BCUT2D eigenvalue weighted by atomic mass is 16.5. The van der Waals surface area contributed by atoms with Crippen molar-refractivity contribution in [3.8, 4) is 5.75 Å².